The number of ether oxygens (including phenoxy) is 2. The summed E-state index contributed by atoms with van der Waals surface area (Å²) < 4.78 is 52.0. The Morgan fingerprint density at radius 1 is 1.15 bits per heavy atom. The molecule has 0 amide bonds. The summed E-state index contributed by atoms with van der Waals surface area (Å²) in [7, 11) is 0. The number of hydrogen-bond donors (Lipinski definition) is 2. The SMILES string of the molecule is CCOc1cc(CN(c2ncc(C(=O)O)c(C(F)(F)F)n2)C2CCNCC2)cc(OCC)c1. The Balaban J connectivity index is 2.04. The third kappa shape index (κ3) is 6.25. The summed E-state index contributed by atoms with van der Waals surface area (Å²) in [5, 5.41) is 12.4. The van der Waals surface area contributed by atoms with Crippen LogP contribution in [0.3, 0.4) is 0 Å². The van der Waals surface area contributed by atoms with Gasteiger partial charge < -0.3 is 24.8 Å². The van der Waals surface area contributed by atoms with Crippen LogP contribution in [0.15, 0.2) is 24.4 Å². The number of alkyl halides is 3. The van der Waals surface area contributed by atoms with Crippen molar-refractivity contribution in [1.29, 1.82) is 0 Å². The first-order chi connectivity index (χ1) is 15.7. The van der Waals surface area contributed by atoms with E-state index in [2.05, 4.69) is 15.3 Å². The van der Waals surface area contributed by atoms with Crippen molar-refractivity contribution in [2.75, 3.05) is 31.2 Å². The van der Waals surface area contributed by atoms with E-state index in [1.54, 1.807) is 23.1 Å². The number of hydrogen-bond acceptors (Lipinski definition) is 7. The number of anilines is 1. The maximum Gasteiger partial charge on any atom is 0.434 e. The standard InChI is InChI=1S/C22H27F3N4O4/c1-3-32-16-9-14(10-17(11-16)33-4-2)13-29(15-5-7-26-8-6-15)21-27-12-18(20(30)31)19(28-21)22(23,24)25/h9-12,15,26H,3-8,13H2,1-2H3,(H,30,31). The zero-order valence-corrected chi connectivity index (χ0v) is 18.5. The third-order valence-electron chi connectivity index (χ3n) is 5.20. The second kappa shape index (κ2) is 10.7. The first-order valence-corrected chi connectivity index (χ1v) is 10.8. The number of aromatic carboxylic acids is 1. The lowest BCUT2D eigenvalue weighted by Crippen LogP contribution is -2.44. The Morgan fingerprint density at radius 3 is 2.27 bits per heavy atom. The van der Waals surface area contributed by atoms with Gasteiger partial charge in [-0.3, -0.25) is 0 Å². The van der Waals surface area contributed by atoms with E-state index in [0.717, 1.165) is 11.8 Å². The number of aromatic nitrogens is 2. The lowest BCUT2D eigenvalue weighted by molar-refractivity contribution is -0.141. The highest BCUT2D eigenvalue weighted by molar-refractivity contribution is 5.88. The van der Waals surface area contributed by atoms with E-state index < -0.39 is 23.4 Å². The summed E-state index contributed by atoms with van der Waals surface area (Å²) in [5.41, 5.74) is -1.69. The van der Waals surface area contributed by atoms with E-state index in [-0.39, 0.29) is 18.5 Å². The summed E-state index contributed by atoms with van der Waals surface area (Å²) >= 11 is 0. The van der Waals surface area contributed by atoms with Gasteiger partial charge in [-0.15, -0.1) is 0 Å². The molecule has 0 spiro atoms. The predicted octanol–water partition coefficient (Wildman–Crippen LogP) is 3.75. The highest BCUT2D eigenvalue weighted by Crippen LogP contribution is 2.33. The van der Waals surface area contributed by atoms with Gasteiger partial charge in [0.15, 0.2) is 5.69 Å². The van der Waals surface area contributed by atoms with Crippen LogP contribution in [0, 0.1) is 0 Å². The van der Waals surface area contributed by atoms with Gasteiger partial charge in [0.2, 0.25) is 5.95 Å². The molecular formula is C22H27F3N4O4. The van der Waals surface area contributed by atoms with Gasteiger partial charge >= 0.3 is 12.1 Å². The first-order valence-electron chi connectivity index (χ1n) is 10.8. The van der Waals surface area contributed by atoms with Gasteiger partial charge in [-0.25, -0.2) is 14.8 Å². The topological polar surface area (TPSA) is 96.8 Å². The molecule has 1 aliphatic heterocycles. The highest BCUT2D eigenvalue weighted by atomic mass is 19.4. The maximum absolute atomic E-state index is 13.6. The molecule has 0 atom stereocenters. The second-order valence-corrected chi connectivity index (χ2v) is 7.52. The molecule has 0 bridgehead atoms. The molecule has 0 unspecified atom stereocenters. The summed E-state index contributed by atoms with van der Waals surface area (Å²) in [6, 6.07) is 5.23. The zero-order chi connectivity index (χ0) is 24.0. The van der Waals surface area contributed by atoms with Crippen molar-refractivity contribution in [3.63, 3.8) is 0 Å². The van der Waals surface area contributed by atoms with Crippen molar-refractivity contribution in [3.8, 4) is 11.5 Å². The Morgan fingerprint density at radius 2 is 1.76 bits per heavy atom. The first kappa shape index (κ1) is 24.6. The lowest BCUT2D eigenvalue weighted by atomic mass is 10.0. The van der Waals surface area contributed by atoms with E-state index in [1.165, 1.54) is 0 Å². The van der Waals surface area contributed by atoms with Crippen LogP contribution in [0.1, 0.15) is 48.3 Å². The van der Waals surface area contributed by atoms with Gasteiger partial charge in [0.1, 0.15) is 17.1 Å². The van der Waals surface area contributed by atoms with E-state index in [1.807, 2.05) is 13.8 Å². The van der Waals surface area contributed by atoms with Crippen LogP contribution < -0.4 is 19.7 Å². The fraction of sp³-hybridized carbons (Fsp3) is 0.500. The second-order valence-electron chi connectivity index (χ2n) is 7.52. The zero-order valence-electron chi connectivity index (χ0n) is 18.5. The number of nitrogens with one attached hydrogen (secondary N) is 1. The molecule has 0 aliphatic carbocycles. The molecule has 1 aromatic heterocycles. The predicted molar refractivity (Wildman–Crippen MR) is 115 cm³/mol. The van der Waals surface area contributed by atoms with Crippen molar-refractivity contribution in [3.05, 3.63) is 41.2 Å². The summed E-state index contributed by atoms with van der Waals surface area (Å²) in [5.74, 6) is -0.726. The number of piperidine rings is 1. The average molecular weight is 468 g/mol. The Bertz CT molecular complexity index is 941. The number of carbonyl (C=O) groups is 1. The van der Waals surface area contributed by atoms with Crippen LogP contribution in [-0.2, 0) is 12.7 Å². The molecule has 33 heavy (non-hydrogen) atoms. The minimum Gasteiger partial charge on any atom is -0.494 e. The molecule has 1 saturated heterocycles. The monoisotopic (exact) mass is 468 g/mol. The minimum atomic E-state index is -4.93. The van der Waals surface area contributed by atoms with E-state index in [9.17, 15) is 23.1 Å². The van der Waals surface area contributed by atoms with Crippen molar-refractivity contribution in [2.24, 2.45) is 0 Å². The Kier molecular flexibility index (Phi) is 7.96. The Hall–Kier alpha value is -3.08. The maximum atomic E-state index is 13.6. The smallest absolute Gasteiger partial charge is 0.434 e. The van der Waals surface area contributed by atoms with Gasteiger partial charge in [0, 0.05) is 24.8 Å². The van der Waals surface area contributed by atoms with Crippen LogP contribution in [0.25, 0.3) is 0 Å². The molecule has 3 rings (SSSR count). The normalized spacial score (nSPS) is 14.7. The van der Waals surface area contributed by atoms with Gasteiger partial charge in [-0.1, -0.05) is 0 Å². The lowest BCUT2D eigenvalue weighted by Gasteiger charge is -2.35. The number of carboxylic acids is 1. The van der Waals surface area contributed by atoms with Crippen molar-refractivity contribution in [2.45, 2.75) is 45.5 Å². The number of halogens is 3. The molecule has 1 aliphatic rings. The van der Waals surface area contributed by atoms with E-state index >= 15 is 0 Å². The summed E-state index contributed by atoms with van der Waals surface area (Å²) in [6.45, 7) is 6.20. The quantitative estimate of drug-likeness (QED) is 0.575. The molecule has 2 N–H and O–H groups in total. The van der Waals surface area contributed by atoms with Crippen LogP contribution in [0.4, 0.5) is 19.1 Å². The van der Waals surface area contributed by atoms with Gasteiger partial charge in [-0.05, 0) is 57.5 Å². The molecule has 1 aromatic carbocycles. The average Bonchev–Trinajstić information content (AvgIpc) is 2.77. The highest BCUT2D eigenvalue weighted by Gasteiger charge is 2.39. The third-order valence-corrected chi connectivity index (χ3v) is 5.20. The molecule has 2 heterocycles. The minimum absolute atomic E-state index is 0.130. The largest absolute Gasteiger partial charge is 0.494 e. The van der Waals surface area contributed by atoms with Gasteiger partial charge in [0.25, 0.3) is 0 Å². The molecule has 0 radical (unpaired) electrons. The molecule has 8 nitrogen and oxygen atoms in total. The number of rotatable bonds is 9. The van der Waals surface area contributed by atoms with Crippen molar-refractivity contribution >= 4 is 11.9 Å². The molecular weight excluding hydrogens is 441 g/mol. The molecule has 2 aromatic rings. The summed E-state index contributed by atoms with van der Waals surface area (Å²) in [6.07, 6.45) is -2.85. The Labute approximate surface area is 189 Å². The molecule has 0 saturated carbocycles. The molecule has 1 fully saturated rings. The van der Waals surface area contributed by atoms with Crippen molar-refractivity contribution in [1.82, 2.24) is 15.3 Å². The van der Waals surface area contributed by atoms with Gasteiger partial charge in [0.05, 0.1) is 13.2 Å². The fourth-order valence-electron chi connectivity index (χ4n) is 3.78. The fourth-order valence-corrected chi connectivity index (χ4v) is 3.78. The van der Waals surface area contributed by atoms with Crippen molar-refractivity contribution < 1.29 is 32.5 Å². The van der Waals surface area contributed by atoms with Crippen LogP contribution >= 0.6 is 0 Å². The van der Waals surface area contributed by atoms with Gasteiger partial charge in [-0.2, -0.15) is 13.2 Å². The number of carboxylic acid groups (broad SMARTS) is 1. The molecule has 180 valence electrons. The summed E-state index contributed by atoms with van der Waals surface area (Å²) in [4.78, 5) is 20.7. The van der Waals surface area contributed by atoms with Crippen LogP contribution in [0.2, 0.25) is 0 Å². The van der Waals surface area contributed by atoms with Crippen LogP contribution in [0.5, 0.6) is 11.5 Å². The number of nitrogens with zero attached hydrogens (tertiary/aromatic N) is 3. The number of benzene rings is 1. The van der Waals surface area contributed by atoms with Crippen LogP contribution in [-0.4, -0.2) is 53.4 Å². The van der Waals surface area contributed by atoms with E-state index in [4.69, 9.17) is 9.47 Å². The van der Waals surface area contributed by atoms with E-state index in [0.29, 0.717) is 50.6 Å². The molecule has 11 heteroatoms.